The normalized spacial score (nSPS) is 16.2. The lowest BCUT2D eigenvalue weighted by atomic mass is 10.1. The summed E-state index contributed by atoms with van der Waals surface area (Å²) in [6.07, 6.45) is 6.27. The molecule has 2 N–H and O–H groups in total. The molecule has 1 heterocycles. The number of carboxylic acids is 1. The van der Waals surface area contributed by atoms with Crippen molar-refractivity contribution in [2.45, 2.75) is 44.4 Å². The third kappa shape index (κ3) is 2.93. The van der Waals surface area contributed by atoms with E-state index in [2.05, 4.69) is 9.97 Å². The van der Waals surface area contributed by atoms with Crippen LogP contribution in [0, 0.1) is 0 Å². The summed E-state index contributed by atoms with van der Waals surface area (Å²) in [7, 11) is 0. The second-order valence-corrected chi connectivity index (χ2v) is 4.50. The van der Waals surface area contributed by atoms with Gasteiger partial charge in [0, 0.05) is 24.1 Å². The van der Waals surface area contributed by atoms with Crippen molar-refractivity contribution in [3.05, 3.63) is 27.9 Å². The van der Waals surface area contributed by atoms with E-state index in [1.807, 2.05) is 0 Å². The van der Waals surface area contributed by atoms with Gasteiger partial charge >= 0.3 is 5.97 Å². The predicted molar refractivity (Wildman–Crippen MR) is 62.0 cm³/mol. The quantitative estimate of drug-likeness (QED) is 0.828. The highest BCUT2D eigenvalue weighted by Crippen LogP contribution is 2.31. The van der Waals surface area contributed by atoms with Gasteiger partial charge in [-0.2, -0.15) is 0 Å². The Hall–Kier alpha value is -1.65. The van der Waals surface area contributed by atoms with E-state index in [1.165, 1.54) is 19.0 Å². The van der Waals surface area contributed by atoms with E-state index in [-0.39, 0.29) is 18.4 Å². The Bertz CT molecular complexity index is 461. The van der Waals surface area contributed by atoms with Crippen LogP contribution >= 0.6 is 0 Å². The molecule has 1 aromatic heterocycles. The highest BCUT2D eigenvalue weighted by atomic mass is 16.4. The van der Waals surface area contributed by atoms with Crippen LogP contribution in [0.1, 0.15) is 49.4 Å². The molecule has 0 spiro atoms. The Morgan fingerprint density at radius 2 is 2.18 bits per heavy atom. The van der Waals surface area contributed by atoms with Crippen LogP contribution in [0.4, 0.5) is 0 Å². The first-order valence-corrected chi connectivity index (χ1v) is 5.96. The molecule has 0 aromatic carbocycles. The Kier molecular flexibility index (Phi) is 3.56. The van der Waals surface area contributed by atoms with Crippen molar-refractivity contribution in [3.63, 3.8) is 0 Å². The van der Waals surface area contributed by atoms with Gasteiger partial charge in [-0.05, 0) is 19.3 Å². The summed E-state index contributed by atoms with van der Waals surface area (Å²) < 4.78 is 0. The van der Waals surface area contributed by atoms with Crippen molar-refractivity contribution in [3.8, 4) is 0 Å². The number of carboxylic acid groups (broad SMARTS) is 1. The molecule has 0 atom stereocenters. The van der Waals surface area contributed by atoms with Gasteiger partial charge in [-0.25, -0.2) is 4.98 Å². The zero-order valence-corrected chi connectivity index (χ0v) is 9.61. The first kappa shape index (κ1) is 11.8. The van der Waals surface area contributed by atoms with Crippen LogP contribution in [-0.4, -0.2) is 21.0 Å². The maximum absolute atomic E-state index is 11.7. The number of carbonyl (C=O) groups is 1. The van der Waals surface area contributed by atoms with Crippen LogP contribution in [0.5, 0.6) is 0 Å². The molecule has 0 unspecified atom stereocenters. The molecule has 0 amide bonds. The second kappa shape index (κ2) is 5.12. The maximum Gasteiger partial charge on any atom is 0.303 e. The standard InChI is InChI=1S/C12H16N2O3/c15-10(16)6-5-9-7-13-11(14-12(9)17)8-3-1-2-4-8/h7-8H,1-6H2,(H,15,16)(H,13,14,17). The van der Waals surface area contributed by atoms with Crippen molar-refractivity contribution in [1.82, 2.24) is 9.97 Å². The first-order valence-electron chi connectivity index (χ1n) is 5.96. The average molecular weight is 236 g/mol. The lowest BCUT2D eigenvalue weighted by molar-refractivity contribution is -0.136. The molecule has 1 aromatic rings. The summed E-state index contributed by atoms with van der Waals surface area (Å²) in [4.78, 5) is 29.2. The summed E-state index contributed by atoms with van der Waals surface area (Å²) in [6, 6.07) is 0. The summed E-state index contributed by atoms with van der Waals surface area (Å²) >= 11 is 0. The molecular formula is C12H16N2O3. The van der Waals surface area contributed by atoms with Gasteiger partial charge in [0.2, 0.25) is 0 Å². The molecule has 0 bridgehead atoms. The van der Waals surface area contributed by atoms with Gasteiger partial charge < -0.3 is 10.1 Å². The van der Waals surface area contributed by atoms with E-state index in [0.717, 1.165) is 18.7 Å². The Morgan fingerprint density at radius 1 is 1.47 bits per heavy atom. The SMILES string of the molecule is O=C(O)CCc1cnc(C2CCCC2)[nH]c1=O. The van der Waals surface area contributed by atoms with Gasteiger partial charge in [0.15, 0.2) is 0 Å². The van der Waals surface area contributed by atoms with Gasteiger partial charge in [0.1, 0.15) is 5.82 Å². The van der Waals surface area contributed by atoms with Crippen molar-refractivity contribution in [2.24, 2.45) is 0 Å². The fraction of sp³-hybridized carbons (Fsp3) is 0.583. The van der Waals surface area contributed by atoms with Gasteiger partial charge in [-0.3, -0.25) is 9.59 Å². The third-order valence-corrected chi connectivity index (χ3v) is 3.24. The molecule has 92 valence electrons. The number of rotatable bonds is 4. The Balaban J connectivity index is 2.11. The molecule has 0 saturated heterocycles. The molecule has 17 heavy (non-hydrogen) atoms. The minimum atomic E-state index is -0.899. The number of H-pyrrole nitrogens is 1. The fourth-order valence-electron chi connectivity index (χ4n) is 2.26. The van der Waals surface area contributed by atoms with E-state index in [0.29, 0.717) is 11.5 Å². The van der Waals surface area contributed by atoms with Gasteiger partial charge in [-0.1, -0.05) is 12.8 Å². The van der Waals surface area contributed by atoms with Crippen LogP contribution in [0.25, 0.3) is 0 Å². The number of nitrogens with zero attached hydrogens (tertiary/aromatic N) is 1. The van der Waals surface area contributed by atoms with E-state index in [4.69, 9.17) is 5.11 Å². The predicted octanol–water partition coefficient (Wildman–Crippen LogP) is 1.44. The van der Waals surface area contributed by atoms with Crippen LogP contribution < -0.4 is 5.56 Å². The summed E-state index contributed by atoms with van der Waals surface area (Å²) in [5, 5.41) is 8.56. The van der Waals surface area contributed by atoms with Crippen LogP contribution in [0.3, 0.4) is 0 Å². The summed E-state index contributed by atoms with van der Waals surface area (Å²) in [5.41, 5.74) is 0.261. The third-order valence-electron chi connectivity index (χ3n) is 3.24. The number of aromatic nitrogens is 2. The number of hydrogen-bond acceptors (Lipinski definition) is 3. The van der Waals surface area contributed by atoms with Gasteiger partial charge in [0.05, 0.1) is 0 Å². The van der Waals surface area contributed by atoms with Crippen molar-refractivity contribution in [2.75, 3.05) is 0 Å². The highest BCUT2D eigenvalue weighted by molar-refractivity contribution is 5.67. The van der Waals surface area contributed by atoms with E-state index < -0.39 is 5.97 Å². The number of nitrogens with one attached hydrogen (secondary N) is 1. The molecular weight excluding hydrogens is 220 g/mol. The van der Waals surface area contributed by atoms with Gasteiger partial charge in [0.25, 0.3) is 5.56 Å². The minimum Gasteiger partial charge on any atom is -0.481 e. The van der Waals surface area contributed by atoms with E-state index in [9.17, 15) is 9.59 Å². The number of hydrogen-bond donors (Lipinski definition) is 2. The maximum atomic E-state index is 11.7. The molecule has 1 saturated carbocycles. The van der Waals surface area contributed by atoms with Crippen LogP contribution in [0.15, 0.2) is 11.0 Å². The average Bonchev–Trinajstić information content (AvgIpc) is 2.80. The van der Waals surface area contributed by atoms with E-state index >= 15 is 0 Å². The van der Waals surface area contributed by atoms with Crippen molar-refractivity contribution >= 4 is 5.97 Å². The topological polar surface area (TPSA) is 83.0 Å². The highest BCUT2D eigenvalue weighted by Gasteiger charge is 2.19. The lowest BCUT2D eigenvalue weighted by Gasteiger charge is -2.08. The molecule has 2 rings (SSSR count). The number of aliphatic carboxylic acids is 1. The molecule has 1 aliphatic carbocycles. The molecule has 0 radical (unpaired) electrons. The zero-order valence-electron chi connectivity index (χ0n) is 9.61. The van der Waals surface area contributed by atoms with Gasteiger partial charge in [-0.15, -0.1) is 0 Å². The monoisotopic (exact) mass is 236 g/mol. The summed E-state index contributed by atoms with van der Waals surface area (Å²) in [5.74, 6) is 0.229. The molecule has 0 aliphatic heterocycles. The molecule has 5 heteroatoms. The molecule has 5 nitrogen and oxygen atoms in total. The van der Waals surface area contributed by atoms with Crippen LogP contribution in [0.2, 0.25) is 0 Å². The molecule has 1 fully saturated rings. The largest absolute Gasteiger partial charge is 0.481 e. The lowest BCUT2D eigenvalue weighted by Crippen LogP contribution is -2.18. The number of aryl methyl sites for hydroxylation is 1. The minimum absolute atomic E-state index is 0.0342. The smallest absolute Gasteiger partial charge is 0.303 e. The fourth-order valence-corrected chi connectivity index (χ4v) is 2.26. The summed E-state index contributed by atoms with van der Waals surface area (Å²) in [6.45, 7) is 0. The first-order chi connectivity index (χ1) is 8.16. The van der Waals surface area contributed by atoms with Crippen molar-refractivity contribution in [1.29, 1.82) is 0 Å². The zero-order chi connectivity index (χ0) is 12.3. The van der Waals surface area contributed by atoms with Crippen LogP contribution in [-0.2, 0) is 11.2 Å². The van der Waals surface area contributed by atoms with E-state index in [1.54, 1.807) is 0 Å². The second-order valence-electron chi connectivity index (χ2n) is 4.50. The van der Waals surface area contributed by atoms with Crippen molar-refractivity contribution < 1.29 is 9.90 Å². The Morgan fingerprint density at radius 3 is 2.76 bits per heavy atom. The Labute approximate surface area is 98.9 Å². The number of aromatic amines is 1. The molecule has 1 aliphatic rings.